The van der Waals surface area contributed by atoms with Gasteiger partial charge in [-0.15, -0.1) is 11.3 Å². The number of likely N-dealkylation sites (tertiary alicyclic amines) is 1. The molecule has 5 rings (SSSR count). The summed E-state index contributed by atoms with van der Waals surface area (Å²) in [5.74, 6) is -0.00646. The first kappa shape index (κ1) is 37.7. The molecule has 51 heavy (non-hydrogen) atoms. The van der Waals surface area contributed by atoms with Crippen molar-refractivity contribution in [3.63, 3.8) is 0 Å². The molecule has 1 aliphatic heterocycles. The first-order valence-electron chi connectivity index (χ1n) is 18.1. The predicted molar refractivity (Wildman–Crippen MR) is 202 cm³/mol. The summed E-state index contributed by atoms with van der Waals surface area (Å²) in [7, 11) is 0. The molecule has 0 radical (unpaired) electrons. The van der Waals surface area contributed by atoms with Gasteiger partial charge in [-0.3, -0.25) is 14.4 Å². The van der Waals surface area contributed by atoms with Crippen molar-refractivity contribution in [1.82, 2.24) is 20.2 Å². The SMILES string of the molecule is CCCCCCCOc1ccc(-c2cnc(-c3ccc(C[C@H](NC(=O)c4ccc(C(C)(C)C)s4)C(=O)N4CCC(CC(=O)O)C4)cc3)nc2)cc1. The van der Waals surface area contributed by atoms with Gasteiger partial charge in [0.2, 0.25) is 5.91 Å². The summed E-state index contributed by atoms with van der Waals surface area (Å²) in [6.45, 7) is 10.1. The molecule has 2 aromatic carbocycles. The number of unbranched alkanes of at least 4 members (excludes halogenated alkanes) is 4. The molecule has 1 fully saturated rings. The number of benzene rings is 2. The molecule has 4 aromatic rings. The van der Waals surface area contributed by atoms with Gasteiger partial charge in [0.15, 0.2) is 5.82 Å². The van der Waals surface area contributed by atoms with Gasteiger partial charge in [0.25, 0.3) is 5.91 Å². The van der Waals surface area contributed by atoms with Crippen LogP contribution in [0.5, 0.6) is 5.75 Å². The summed E-state index contributed by atoms with van der Waals surface area (Å²) in [6, 6.07) is 18.7. The van der Waals surface area contributed by atoms with Crippen LogP contribution in [0.25, 0.3) is 22.5 Å². The Morgan fingerprint density at radius 2 is 1.61 bits per heavy atom. The van der Waals surface area contributed by atoms with Gasteiger partial charge in [-0.05, 0) is 59.6 Å². The maximum atomic E-state index is 13.8. The molecule has 3 heterocycles. The zero-order valence-corrected chi connectivity index (χ0v) is 31.0. The van der Waals surface area contributed by atoms with Crippen LogP contribution in [0.2, 0.25) is 0 Å². The molecule has 2 atom stereocenters. The van der Waals surface area contributed by atoms with Crippen LogP contribution < -0.4 is 10.1 Å². The Morgan fingerprint density at radius 1 is 0.922 bits per heavy atom. The predicted octanol–water partition coefficient (Wildman–Crippen LogP) is 8.18. The van der Waals surface area contributed by atoms with E-state index in [9.17, 15) is 19.5 Å². The van der Waals surface area contributed by atoms with Gasteiger partial charge in [0.1, 0.15) is 11.8 Å². The minimum absolute atomic E-state index is 0.0244. The van der Waals surface area contributed by atoms with E-state index in [-0.39, 0.29) is 29.6 Å². The maximum absolute atomic E-state index is 13.8. The van der Waals surface area contributed by atoms with Crippen LogP contribution >= 0.6 is 11.3 Å². The fourth-order valence-electron chi connectivity index (χ4n) is 6.25. The number of thiophene rings is 1. The first-order valence-corrected chi connectivity index (χ1v) is 18.9. The Hall–Kier alpha value is -4.57. The van der Waals surface area contributed by atoms with E-state index >= 15 is 0 Å². The second kappa shape index (κ2) is 17.6. The van der Waals surface area contributed by atoms with E-state index in [1.165, 1.54) is 37.0 Å². The third-order valence-electron chi connectivity index (χ3n) is 9.24. The fourth-order valence-corrected chi connectivity index (χ4v) is 7.22. The standard InChI is InChI=1S/C41H50N4O5S/c1-5-6-7-8-9-22-50-33-16-14-30(15-17-33)32-25-42-38(43-26-32)31-12-10-28(11-13-31)23-34(40(49)45-21-20-29(27-45)24-37(46)47)44-39(48)35-18-19-36(51-35)41(2,3)4/h10-19,25-26,29,34H,5-9,20-24,27H2,1-4H3,(H,44,48)(H,46,47)/t29?,34-/m0/s1. The minimum Gasteiger partial charge on any atom is -0.494 e. The summed E-state index contributed by atoms with van der Waals surface area (Å²) in [6.07, 6.45) is 10.6. The third-order valence-corrected chi connectivity index (χ3v) is 10.8. The van der Waals surface area contributed by atoms with Crippen LogP contribution in [-0.4, -0.2) is 63.5 Å². The van der Waals surface area contributed by atoms with E-state index < -0.39 is 12.0 Å². The number of amides is 2. The van der Waals surface area contributed by atoms with Crippen molar-refractivity contribution in [3.8, 4) is 28.3 Å². The lowest BCUT2D eigenvalue weighted by atomic mass is 9.95. The van der Waals surface area contributed by atoms with Gasteiger partial charge >= 0.3 is 5.97 Å². The lowest BCUT2D eigenvalue weighted by molar-refractivity contribution is -0.138. The lowest BCUT2D eigenvalue weighted by Crippen LogP contribution is -2.49. The van der Waals surface area contributed by atoms with E-state index in [2.05, 4.69) is 43.0 Å². The fraction of sp³-hybridized carbons (Fsp3) is 0.439. The molecular formula is C41H50N4O5S. The van der Waals surface area contributed by atoms with Crippen LogP contribution in [0.3, 0.4) is 0 Å². The van der Waals surface area contributed by atoms with Crippen molar-refractivity contribution in [1.29, 1.82) is 0 Å². The Labute approximate surface area is 305 Å². The molecule has 1 unspecified atom stereocenters. The quantitative estimate of drug-likeness (QED) is 0.113. The summed E-state index contributed by atoms with van der Waals surface area (Å²) in [5.41, 5.74) is 3.54. The highest BCUT2D eigenvalue weighted by molar-refractivity contribution is 7.14. The molecule has 2 aromatic heterocycles. The summed E-state index contributed by atoms with van der Waals surface area (Å²) < 4.78 is 5.90. The number of carbonyl (C=O) groups excluding carboxylic acids is 2. The Bertz CT molecular complexity index is 1750. The lowest BCUT2D eigenvalue weighted by Gasteiger charge is -2.24. The number of carboxylic acids is 1. The molecule has 270 valence electrons. The Morgan fingerprint density at radius 3 is 2.25 bits per heavy atom. The van der Waals surface area contributed by atoms with Crippen LogP contribution in [0.1, 0.15) is 92.8 Å². The number of rotatable bonds is 16. The van der Waals surface area contributed by atoms with Gasteiger partial charge in [0, 0.05) is 54.3 Å². The molecule has 2 amide bonds. The molecule has 0 aliphatic carbocycles. The van der Waals surface area contributed by atoms with Gasteiger partial charge < -0.3 is 20.1 Å². The highest BCUT2D eigenvalue weighted by atomic mass is 32.1. The number of hydrogen-bond donors (Lipinski definition) is 2. The smallest absolute Gasteiger partial charge is 0.303 e. The zero-order valence-electron chi connectivity index (χ0n) is 30.2. The zero-order chi connectivity index (χ0) is 36.4. The number of nitrogens with one attached hydrogen (secondary N) is 1. The van der Waals surface area contributed by atoms with E-state index in [0.717, 1.165) is 45.9 Å². The normalized spacial score (nSPS) is 15.1. The molecule has 1 aliphatic rings. The van der Waals surface area contributed by atoms with Crippen LogP contribution in [0, 0.1) is 5.92 Å². The number of aromatic nitrogens is 2. The molecule has 0 bridgehead atoms. The maximum Gasteiger partial charge on any atom is 0.303 e. The van der Waals surface area contributed by atoms with E-state index in [1.54, 1.807) is 4.90 Å². The van der Waals surface area contributed by atoms with E-state index in [0.29, 0.717) is 36.6 Å². The number of ether oxygens (including phenoxy) is 1. The summed E-state index contributed by atoms with van der Waals surface area (Å²) in [5, 5.41) is 12.3. The molecule has 0 spiro atoms. The van der Waals surface area contributed by atoms with Crippen molar-refractivity contribution in [3.05, 3.63) is 88.4 Å². The largest absolute Gasteiger partial charge is 0.494 e. The molecule has 2 N–H and O–H groups in total. The number of aliphatic carboxylic acids is 1. The monoisotopic (exact) mass is 710 g/mol. The Kier molecular flexibility index (Phi) is 13.0. The van der Waals surface area contributed by atoms with Crippen LogP contribution in [-0.2, 0) is 21.4 Å². The van der Waals surface area contributed by atoms with E-state index in [4.69, 9.17) is 4.74 Å². The second-order valence-electron chi connectivity index (χ2n) is 14.5. The van der Waals surface area contributed by atoms with E-state index in [1.807, 2.05) is 73.1 Å². The number of hydrogen-bond acceptors (Lipinski definition) is 7. The van der Waals surface area contributed by atoms with Crippen molar-refractivity contribution < 1.29 is 24.2 Å². The van der Waals surface area contributed by atoms with Gasteiger partial charge in [-0.25, -0.2) is 9.97 Å². The average molecular weight is 711 g/mol. The van der Waals surface area contributed by atoms with Gasteiger partial charge in [-0.1, -0.05) is 89.8 Å². The van der Waals surface area contributed by atoms with Crippen molar-refractivity contribution in [2.45, 2.75) is 90.5 Å². The first-order chi connectivity index (χ1) is 24.5. The van der Waals surface area contributed by atoms with Crippen molar-refractivity contribution >= 4 is 29.1 Å². The topological polar surface area (TPSA) is 122 Å². The Balaban J connectivity index is 1.23. The van der Waals surface area contributed by atoms with Gasteiger partial charge in [-0.2, -0.15) is 0 Å². The van der Waals surface area contributed by atoms with Crippen molar-refractivity contribution in [2.75, 3.05) is 19.7 Å². The molecule has 0 saturated carbocycles. The van der Waals surface area contributed by atoms with Crippen LogP contribution in [0.4, 0.5) is 0 Å². The third kappa shape index (κ3) is 10.7. The summed E-state index contributed by atoms with van der Waals surface area (Å²) >= 11 is 1.43. The number of carboxylic acid groups (broad SMARTS) is 1. The van der Waals surface area contributed by atoms with Crippen LogP contribution in [0.15, 0.2) is 73.1 Å². The highest BCUT2D eigenvalue weighted by Crippen LogP contribution is 2.30. The van der Waals surface area contributed by atoms with Gasteiger partial charge in [0.05, 0.1) is 11.5 Å². The minimum atomic E-state index is -0.868. The molecule has 9 nitrogen and oxygen atoms in total. The van der Waals surface area contributed by atoms with Crippen molar-refractivity contribution in [2.24, 2.45) is 5.92 Å². The number of carbonyl (C=O) groups is 3. The second-order valence-corrected chi connectivity index (χ2v) is 15.5. The summed E-state index contributed by atoms with van der Waals surface area (Å²) in [4.78, 5) is 51.1. The molecule has 10 heteroatoms. The molecular weight excluding hydrogens is 661 g/mol. The highest BCUT2D eigenvalue weighted by Gasteiger charge is 2.33. The number of nitrogens with zero attached hydrogens (tertiary/aromatic N) is 3. The average Bonchev–Trinajstić information content (AvgIpc) is 3.81. The molecule has 1 saturated heterocycles.